The number of fused-ring (bicyclic) bond motifs is 1. The number of carbonyl (C=O) groups excluding carboxylic acids is 2. The maximum absolute atomic E-state index is 12.4. The van der Waals surface area contributed by atoms with Gasteiger partial charge in [0.1, 0.15) is 5.75 Å². The minimum absolute atomic E-state index is 0.164. The fraction of sp³-hybridized carbons (Fsp3) is 0.105. The highest BCUT2D eigenvalue weighted by atomic mass is 32.2. The highest BCUT2D eigenvalue weighted by Crippen LogP contribution is 2.27. The van der Waals surface area contributed by atoms with Crippen LogP contribution in [-0.2, 0) is 4.79 Å². The van der Waals surface area contributed by atoms with Crippen molar-refractivity contribution in [3.63, 3.8) is 0 Å². The molecular formula is C19H15N5O3S3. The van der Waals surface area contributed by atoms with Crippen LogP contribution in [-0.4, -0.2) is 39.9 Å². The molecule has 2 aromatic heterocycles. The number of thiazole rings is 1. The van der Waals surface area contributed by atoms with Crippen LogP contribution in [0, 0.1) is 0 Å². The van der Waals surface area contributed by atoms with Crippen LogP contribution in [0.1, 0.15) is 9.80 Å². The maximum atomic E-state index is 12.4. The van der Waals surface area contributed by atoms with Crippen molar-refractivity contribution in [3.05, 3.63) is 53.5 Å². The number of amides is 2. The molecule has 30 heavy (non-hydrogen) atoms. The minimum Gasteiger partial charge on any atom is -0.497 e. The molecule has 152 valence electrons. The summed E-state index contributed by atoms with van der Waals surface area (Å²) in [4.78, 5) is 28.9. The number of benzene rings is 2. The topological polar surface area (TPSA) is 106 Å². The highest BCUT2D eigenvalue weighted by molar-refractivity contribution is 8.01. The molecule has 2 amide bonds. The van der Waals surface area contributed by atoms with Crippen molar-refractivity contribution in [2.24, 2.45) is 0 Å². The number of para-hydroxylation sites is 1. The molecule has 0 aliphatic carbocycles. The molecule has 11 heteroatoms. The Morgan fingerprint density at radius 3 is 2.77 bits per heavy atom. The third kappa shape index (κ3) is 4.93. The van der Waals surface area contributed by atoms with Gasteiger partial charge in [0.15, 0.2) is 9.35 Å². The average Bonchev–Trinajstić information content (AvgIpc) is 3.39. The molecule has 2 N–H and O–H groups in total. The summed E-state index contributed by atoms with van der Waals surface area (Å²) in [6.07, 6.45) is 0. The van der Waals surface area contributed by atoms with Crippen LogP contribution in [0.25, 0.3) is 10.2 Å². The monoisotopic (exact) mass is 457 g/mol. The van der Waals surface area contributed by atoms with Crippen LogP contribution in [0.15, 0.2) is 52.9 Å². The van der Waals surface area contributed by atoms with E-state index in [9.17, 15) is 9.59 Å². The zero-order valence-electron chi connectivity index (χ0n) is 15.6. The van der Waals surface area contributed by atoms with Gasteiger partial charge in [-0.25, -0.2) is 4.98 Å². The number of methoxy groups -OCH3 is 1. The van der Waals surface area contributed by atoms with Gasteiger partial charge in [0.05, 0.1) is 23.1 Å². The summed E-state index contributed by atoms with van der Waals surface area (Å²) < 4.78 is 6.66. The summed E-state index contributed by atoms with van der Waals surface area (Å²) in [5, 5.41) is 14.2. The lowest BCUT2D eigenvalue weighted by Crippen LogP contribution is -2.13. The molecule has 0 fully saturated rings. The summed E-state index contributed by atoms with van der Waals surface area (Å²) in [6, 6.07) is 14.7. The van der Waals surface area contributed by atoms with E-state index in [1.807, 2.05) is 24.3 Å². The van der Waals surface area contributed by atoms with E-state index in [2.05, 4.69) is 25.8 Å². The Morgan fingerprint density at radius 1 is 1.07 bits per heavy atom. The van der Waals surface area contributed by atoms with E-state index in [1.54, 1.807) is 31.4 Å². The third-order valence-electron chi connectivity index (χ3n) is 3.80. The molecule has 2 heterocycles. The van der Waals surface area contributed by atoms with Crippen molar-refractivity contribution in [2.75, 3.05) is 23.5 Å². The standard InChI is InChI=1S/C19H15N5O3S3/c1-27-12-6-4-5-11(9-12)20-15(25)10-28-19-24-23-18(30-19)22-16(26)17-21-13-7-2-3-8-14(13)29-17/h2-9H,10H2,1H3,(H,20,25)(H,22,23,26). The van der Waals surface area contributed by atoms with Gasteiger partial charge in [-0.15, -0.1) is 21.5 Å². The predicted octanol–water partition coefficient (Wildman–Crippen LogP) is 4.14. The number of carbonyl (C=O) groups is 2. The Hall–Kier alpha value is -3.02. The smallest absolute Gasteiger partial charge is 0.286 e. The van der Waals surface area contributed by atoms with Crippen LogP contribution in [0.3, 0.4) is 0 Å². The third-order valence-corrected chi connectivity index (χ3v) is 6.80. The van der Waals surface area contributed by atoms with E-state index in [1.165, 1.54) is 34.4 Å². The molecule has 0 spiro atoms. The van der Waals surface area contributed by atoms with Crippen LogP contribution < -0.4 is 15.4 Å². The van der Waals surface area contributed by atoms with Gasteiger partial charge in [0, 0.05) is 11.8 Å². The molecule has 8 nitrogen and oxygen atoms in total. The van der Waals surface area contributed by atoms with Gasteiger partial charge in [0.2, 0.25) is 11.0 Å². The van der Waals surface area contributed by atoms with Crippen LogP contribution in [0.4, 0.5) is 10.8 Å². The first-order chi connectivity index (χ1) is 14.6. The Bertz CT molecular complexity index is 1170. The molecule has 0 aliphatic heterocycles. The van der Waals surface area contributed by atoms with Gasteiger partial charge in [-0.1, -0.05) is 41.3 Å². The number of nitrogens with zero attached hydrogens (tertiary/aromatic N) is 3. The number of hydrogen-bond donors (Lipinski definition) is 2. The quantitative estimate of drug-likeness (QED) is 0.317. The molecule has 0 unspecified atom stereocenters. The van der Waals surface area contributed by atoms with Crippen molar-refractivity contribution < 1.29 is 14.3 Å². The fourth-order valence-corrected chi connectivity index (χ4v) is 4.87. The zero-order chi connectivity index (χ0) is 20.9. The second-order valence-electron chi connectivity index (χ2n) is 5.88. The Labute approximate surface area is 183 Å². The van der Waals surface area contributed by atoms with E-state index in [4.69, 9.17) is 4.74 Å². The van der Waals surface area contributed by atoms with Gasteiger partial charge in [-0.05, 0) is 24.3 Å². The first-order valence-electron chi connectivity index (χ1n) is 8.68. The van der Waals surface area contributed by atoms with E-state index in [0.717, 1.165) is 10.2 Å². The molecule has 4 rings (SSSR count). The predicted molar refractivity (Wildman–Crippen MR) is 120 cm³/mol. The van der Waals surface area contributed by atoms with Crippen molar-refractivity contribution >= 4 is 67.3 Å². The van der Waals surface area contributed by atoms with Crippen LogP contribution in [0.2, 0.25) is 0 Å². The fourth-order valence-electron chi connectivity index (χ4n) is 2.46. The molecule has 2 aromatic carbocycles. The van der Waals surface area contributed by atoms with E-state index < -0.39 is 0 Å². The molecule has 0 saturated heterocycles. The molecule has 0 radical (unpaired) electrons. The van der Waals surface area contributed by atoms with Gasteiger partial charge in [-0.3, -0.25) is 14.9 Å². The first-order valence-corrected chi connectivity index (χ1v) is 11.3. The lowest BCUT2D eigenvalue weighted by molar-refractivity contribution is -0.113. The number of nitrogens with one attached hydrogen (secondary N) is 2. The maximum Gasteiger partial charge on any atom is 0.286 e. The Kier molecular flexibility index (Phi) is 6.21. The van der Waals surface area contributed by atoms with Gasteiger partial charge >= 0.3 is 0 Å². The van der Waals surface area contributed by atoms with E-state index in [-0.39, 0.29) is 17.6 Å². The summed E-state index contributed by atoms with van der Waals surface area (Å²) in [7, 11) is 1.57. The second kappa shape index (κ2) is 9.20. The second-order valence-corrected chi connectivity index (χ2v) is 9.11. The summed E-state index contributed by atoms with van der Waals surface area (Å²) in [5.74, 6) is 0.318. The SMILES string of the molecule is COc1cccc(NC(=O)CSc2nnc(NC(=O)c3nc4ccccc4s3)s2)c1. The molecule has 0 atom stereocenters. The average molecular weight is 458 g/mol. The molecule has 0 saturated carbocycles. The lowest BCUT2D eigenvalue weighted by atomic mass is 10.3. The van der Waals surface area contributed by atoms with Crippen molar-refractivity contribution in [1.29, 1.82) is 0 Å². The largest absolute Gasteiger partial charge is 0.497 e. The van der Waals surface area contributed by atoms with Crippen molar-refractivity contribution in [3.8, 4) is 5.75 Å². The highest BCUT2D eigenvalue weighted by Gasteiger charge is 2.15. The number of thioether (sulfide) groups is 1. The zero-order valence-corrected chi connectivity index (χ0v) is 18.1. The summed E-state index contributed by atoms with van der Waals surface area (Å²) in [5.41, 5.74) is 1.43. The summed E-state index contributed by atoms with van der Waals surface area (Å²) >= 11 is 3.76. The van der Waals surface area contributed by atoms with Gasteiger partial charge in [0.25, 0.3) is 5.91 Å². The number of rotatable bonds is 7. The van der Waals surface area contributed by atoms with Crippen LogP contribution in [0.5, 0.6) is 5.75 Å². The molecular weight excluding hydrogens is 442 g/mol. The Balaban J connectivity index is 1.31. The van der Waals surface area contributed by atoms with Gasteiger partial charge in [-0.2, -0.15) is 0 Å². The first kappa shape index (κ1) is 20.3. The number of aromatic nitrogens is 3. The van der Waals surface area contributed by atoms with Crippen molar-refractivity contribution in [2.45, 2.75) is 4.34 Å². The number of ether oxygens (including phenoxy) is 1. The minimum atomic E-state index is -0.334. The Morgan fingerprint density at radius 2 is 1.93 bits per heavy atom. The molecule has 0 bridgehead atoms. The summed E-state index contributed by atoms with van der Waals surface area (Å²) in [6.45, 7) is 0. The van der Waals surface area contributed by atoms with Crippen molar-refractivity contribution in [1.82, 2.24) is 15.2 Å². The normalized spacial score (nSPS) is 10.7. The lowest BCUT2D eigenvalue weighted by Gasteiger charge is -2.06. The van der Waals surface area contributed by atoms with Gasteiger partial charge < -0.3 is 10.1 Å². The van der Waals surface area contributed by atoms with E-state index in [0.29, 0.717) is 25.9 Å². The molecule has 4 aromatic rings. The molecule has 0 aliphatic rings. The van der Waals surface area contributed by atoms with E-state index >= 15 is 0 Å². The number of hydrogen-bond acceptors (Lipinski definition) is 9. The van der Waals surface area contributed by atoms with Crippen LogP contribution >= 0.6 is 34.4 Å². The number of anilines is 2.